The predicted octanol–water partition coefficient (Wildman–Crippen LogP) is 11.8. The van der Waals surface area contributed by atoms with Crippen molar-refractivity contribution < 1.29 is 0 Å². The normalized spacial score (nSPS) is 11.4. The summed E-state index contributed by atoms with van der Waals surface area (Å²) in [5.41, 5.74) is 15.2. The maximum atomic E-state index is 5.14. The van der Waals surface area contributed by atoms with Crippen LogP contribution in [0.25, 0.3) is 95.0 Å². The van der Waals surface area contributed by atoms with Crippen molar-refractivity contribution in [2.75, 3.05) is 0 Å². The molecule has 0 N–H and O–H groups in total. The number of pyridine rings is 2. The van der Waals surface area contributed by atoms with Crippen LogP contribution in [0.1, 0.15) is 0 Å². The molecule has 0 unspecified atom stereocenters. The highest BCUT2D eigenvalue weighted by molar-refractivity contribution is 6.09. The summed E-state index contributed by atoms with van der Waals surface area (Å²) in [6.45, 7) is 0. The smallest absolute Gasteiger partial charge is 0.160 e. The highest BCUT2D eigenvalue weighted by atomic mass is 15.0. The van der Waals surface area contributed by atoms with E-state index in [1.807, 2.05) is 54.6 Å². The van der Waals surface area contributed by atoms with Crippen molar-refractivity contribution in [3.8, 4) is 67.4 Å². The molecular weight excluding hydrogens is 647 g/mol. The molecule has 0 aliphatic rings. The predicted molar refractivity (Wildman–Crippen MR) is 216 cm³/mol. The number of benzene rings is 6. The molecule has 248 valence electrons. The van der Waals surface area contributed by atoms with Crippen molar-refractivity contribution in [3.63, 3.8) is 0 Å². The van der Waals surface area contributed by atoms with Gasteiger partial charge in [0.05, 0.1) is 28.1 Å². The molecule has 0 bridgehead atoms. The molecule has 0 radical (unpaired) electrons. The van der Waals surface area contributed by atoms with E-state index in [-0.39, 0.29) is 0 Å². The van der Waals surface area contributed by atoms with Crippen LogP contribution in [-0.4, -0.2) is 24.3 Å². The number of hydrogen-bond donors (Lipinski definition) is 0. The van der Waals surface area contributed by atoms with Gasteiger partial charge in [-0.2, -0.15) is 0 Å². The van der Waals surface area contributed by atoms with Gasteiger partial charge in [0.2, 0.25) is 0 Å². The first kappa shape index (κ1) is 30.6. The number of nitrogens with zero attached hydrogens (tertiary/aromatic N) is 5. The van der Waals surface area contributed by atoms with E-state index in [0.717, 1.165) is 78.0 Å². The van der Waals surface area contributed by atoms with Gasteiger partial charge in [-0.05, 0) is 46.5 Å². The Morgan fingerprint density at radius 3 is 1.51 bits per heavy atom. The monoisotopic (exact) mass is 677 g/mol. The zero-order valence-electron chi connectivity index (χ0n) is 28.6. The molecule has 0 aliphatic carbocycles. The van der Waals surface area contributed by atoms with Crippen molar-refractivity contribution in [2.24, 2.45) is 0 Å². The molecular formula is C48H31N5. The van der Waals surface area contributed by atoms with Crippen LogP contribution in [-0.2, 0) is 0 Å². The Labute approximate surface area is 306 Å². The zero-order valence-corrected chi connectivity index (χ0v) is 28.6. The SMILES string of the molecule is c1ccc(-c2ccc(-c3cc(-c4ccccc4)nc(-c4ccc(-c5ccc(-c6nc7ccccc7c7nc8ccccn8c67)cc5)cc4)n3)cc2)cc1. The number of rotatable bonds is 6. The largest absolute Gasteiger partial charge is 0.298 e. The van der Waals surface area contributed by atoms with Crippen LogP contribution in [0.2, 0.25) is 0 Å². The Kier molecular flexibility index (Phi) is 7.40. The van der Waals surface area contributed by atoms with Crippen molar-refractivity contribution in [1.82, 2.24) is 24.3 Å². The van der Waals surface area contributed by atoms with Crippen LogP contribution in [0.5, 0.6) is 0 Å². The van der Waals surface area contributed by atoms with Crippen LogP contribution in [0.4, 0.5) is 0 Å². The minimum absolute atomic E-state index is 0.690. The standard InChI is InChI=1S/C48H31N5/c1-3-11-32(12-4-1)33-18-24-37(25-19-33)43-31-42(36-13-5-2-6-14-36)50-48(51-43)39-28-22-35(23-29-39)34-20-26-38(27-21-34)45-47-46(40-15-7-8-16-41(40)49-45)52-44-17-9-10-30-53(44)47/h1-31H. The average Bonchev–Trinajstić information content (AvgIpc) is 3.64. The molecule has 0 fully saturated rings. The second-order valence-corrected chi connectivity index (χ2v) is 13.1. The van der Waals surface area contributed by atoms with Gasteiger partial charge in [0, 0.05) is 33.8 Å². The molecule has 5 nitrogen and oxygen atoms in total. The summed E-state index contributed by atoms with van der Waals surface area (Å²) < 4.78 is 2.14. The fourth-order valence-corrected chi connectivity index (χ4v) is 7.13. The fraction of sp³-hybridized carbons (Fsp3) is 0. The van der Waals surface area contributed by atoms with Crippen molar-refractivity contribution in [2.45, 2.75) is 0 Å². The lowest BCUT2D eigenvalue weighted by molar-refractivity contribution is 1.18. The van der Waals surface area contributed by atoms with E-state index in [4.69, 9.17) is 19.9 Å². The summed E-state index contributed by atoms with van der Waals surface area (Å²) >= 11 is 0. The third-order valence-electron chi connectivity index (χ3n) is 9.86. The van der Waals surface area contributed by atoms with Gasteiger partial charge in [0.25, 0.3) is 0 Å². The number of fused-ring (bicyclic) bond motifs is 5. The first-order chi connectivity index (χ1) is 26.2. The summed E-state index contributed by atoms with van der Waals surface area (Å²) in [5.74, 6) is 0.690. The van der Waals surface area contributed by atoms with Gasteiger partial charge >= 0.3 is 0 Å². The molecule has 4 heterocycles. The second kappa shape index (κ2) is 12.8. The fourth-order valence-electron chi connectivity index (χ4n) is 7.13. The van der Waals surface area contributed by atoms with Gasteiger partial charge in [-0.3, -0.25) is 4.40 Å². The lowest BCUT2D eigenvalue weighted by atomic mass is 10.00. The van der Waals surface area contributed by atoms with Gasteiger partial charge in [-0.25, -0.2) is 19.9 Å². The lowest BCUT2D eigenvalue weighted by Crippen LogP contribution is -1.96. The Balaban J connectivity index is 0.994. The topological polar surface area (TPSA) is 56.0 Å². The van der Waals surface area contributed by atoms with E-state index in [1.165, 1.54) is 11.1 Å². The molecule has 6 aromatic carbocycles. The molecule has 0 amide bonds. The zero-order chi connectivity index (χ0) is 35.1. The number of imidazole rings is 1. The quantitative estimate of drug-likeness (QED) is 0.176. The van der Waals surface area contributed by atoms with E-state index < -0.39 is 0 Å². The van der Waals surface area contributed by atoms with Crippen molar-refractivity contribution >= 4 is 27.6 Å². The minimum atomic E-state index is 0.690. The van der Waals surface area contributed by atoms with Crippen LogP contribution < -0.4 is 0 Å². The number of aromatic nitrogens is 5. The molecule has 0 saturated carbocycles. The van der Waals surface area contributed by atoms with Crippen LogP contribution >= 0.6 is 0 Å². The minimum Gasteiger partial charge on any atom is -0.298 e. The molecule has 5 heteroatoms. The van der Waals surface area contributed by atoms with E-state index in [0.29, 0.717) is 5.82 Å². The van der Waals surface area contributed by atoms with Gasteiger partial charge < -0.3 is 0 Å². The van der Waals surface area contributed by atoms with Gasteiger partial charge in [0.15, 0.2) is 5.82 Å². The molecule has 0 saturated heterocycles. The summed E-state index contributed by atoms with van der Waals surface area (Å²) in [6.07, 6.45) is 2.06. The summed E-state index contributed by atoms with van der Waals surface area (Å²) in [6, 6.07) is 62.9. The van der Waals surface area contributed by atoms with Crippen molar-refractivity contribution in [3.05, 3.63) is 188 Å². The molecule has 10 rings (SSSR count). The Morgan fingerprint density at radius 2 is 0.849 bits per heavy atom. The first-order valence-corrected chi connectivity index (χ1v) is 17.7. The van der Waals surface area contributed by atoms with Crippen molar-refractivity contribution in [1.29, 1.82) is 0 Å². The van der Waals surface area contributed by atoms with Gasteiger partial charge in [-0.15, -0.1) is 0 Å². The number of hydrogen-bond acceptors (Lipinski definition) is 4. The van der Waals surface area contributed by atoms with E-state index in [2.05, 4.69) is 138 Å². The highest BCUT2D eigenvalue weighted by Gasteiger charge is 2.17. The van der Waals surface area contributed by atoms with E-state index in [9.17, 15) is 0 Å². The van der Waals surface area contributed by atoms with Gasteiger partial charge in [-0.1, -0.05) is 158 Å². The number of para-hydroxylation sites is 1. The summed E-state index contributed by atoms with van der Waals surface area (Å²) in [4.78, 5) is 20.3. The van der Waals surface area contributed by atoms with Gasteiger partial charge in [0.1, 0.15) is 11.2 Å². The molecule has 53 heavy (non-hydrogen) atoms. The third kappa shape index (κ3) is 5.61. The molecule has 0 aliphatic heterocycles. The maximum absolute atomic E-state index is 5.14. The third-order valence-corrected chi connectivity index (χ3v) is 9.86. The average molecular weight is 678 g/mol. The second-order valence-electron chi connectivity index (χ2n) is 13.1. The lowest BCUT2D eigenvalue weighted by Gasteiger charge is -2.11. The van der Waals surface area contributed by atoms with Crippen LogP contribution in [0.15, 0.2) is 188 Å². The molecule has 10 aromatic rings. The van der Waals surface area contributed by atoms with Crippen LogP contribution in [0, 0.1) is 0 Å². The van der Waals surface area contributed by atoms with E-state index in [1.54, 1.807) is 0 Å². The Bertz CT molecular complexity index is 2900. The van der Waals surface area contributed by atoms with E-state index >= 15 is 0 Å². The molecule has 4 aromatic heterocycles. The highest BCUT2D eigenvalue weighted by Crippen LogP contribution is 2.35. The molecule has 0 atom stereocenters. The first-order valence-electron chi connectivity index (χ1n) is 17.7. The maximum Gasteiger partial charge on any atom is 0.160 e. The van der Waals surface area contributed by atoms with Crippen LogP contribution in [0.3, 0.4) is 0 Å². The Hall–Kier alpha value is -7.24. The summed E-state index contributed by atoms with van der Waals surface area (Å²) in [7, 11) is 0. The summed E-state index contributed by atoms with van der Waals surface area (Å²) in [5, 5.41) is 1.05. The molecule has 0 spiro atoms. The Morgan fingerprint density at radius 1 is 0.358 bits per heavy atom.